The van der Waals surface area contributed by atoms with Crippen LogP contribution in [-0.4, -0.2) is 18.0 Å². The van der Waals surface area contributed by atoms with E-state index < -0.39 is 0 Å². The largest absolute Gasteiger partial charge is 0.366 e. The molecule has 0 radical (unpaired) electrons. The van der Waals surface area contributed by atoms with E-state index in [-0.39, 0.29) is 10.6 Å². The van der Waals surface area contributed by atoms with Crippen molar-refractivity contribution in [2.75, 3.05) is 18.0 Å². The fourth-order valence-electron chi connectivity index (χ4n) is 2.14. The lowest BCUT2D eigenvalue weighted by Gasteiger charge is -2.31. The standard InChI is InChI=1S/C12H16N2O2.C2H6/c1-10-6-8-13(9-7-10)11-4-2-3-5-12(11)14(15)16;1-2/h2-5,10H,6-9H2,1H3;1-2H3. The van der Waals surface area contributed by atoms with Gasteiger partial charge in [0, 0.05) is 19.2 Å². The molecule has 1 saturated heterocycles. The number of rotatable bonds is 2. The number of nitro benzene ring substituents is 1. The third-order valence-corrected chi connectivity index (χ3v) is 3.20. The van der Waals surface area contributed by atoms with Crippen molar-refractivity contribution < 1.29 is 4.92 Å². The Hall–Kier alpha value is -1.58. The molecular formula is C14H22N2O2. The number of para-hydroxylation sites is 2. The van der Waals surface area contributed by atoms with E-state index in [0.29, 0.717) is 0 Å². The number of nitro groups is 1. The number of benzene rings is 1. The maximum Gasteiger partial charge on any atom is 0.292 e. The molecule has 0 bridgehead atoms. The lowest BCUT2D eigenvalue weighted by Crippen LogP contribution is -2.33. The number of nitrogens with zero attached hydrogens (tertiary/aromatic N) is 2. The second-order valence-electron chi connectivity index (χ2n) is 4.42. The zero-order chi connectivity index (χ0) is 13.5. The summed E-state index contributed by atoms with van der Waals surface area (Å²) < 4.78 is 0. The molecule has 0 aliphatic carbocycles. The van der Waals surface area contributed by atoms with Gasteiger partial charge < -0.3 is 4.90 Å². The first-order valence-electron chi connectivity index (χ1n) is 6.67. The molecule has 0 N–H and O–H groups in total. The first-order valence-corrected chi connectivity index (χ1v) is 6.67. The molecule has 0 unspecified atom stereocenters. The summed E-state index contributed by atoms with van der Waals surface area (Å²) in [5, 5.41) is 10.9. The highest BCUT2D eigenvalue weighted by molar-refractivity contribution is 5.63. The van der Waals surface area contributed by atoms with Gasteiger partial charge in [-0.25, -0.2) is 0 Å². The van der Waals surface area contributed by atoms with Crippen molar-refractivity contribution >= 4 is 11.4 Å². The minimum Gasteiger partial charge on any atom is -0.366 e. The monoisotopic (exact) mass is 250 g/mol. The molecule has 0 spiro atoms. The normalized spacial score (nSPS) is 15.8. The lowest BCUT2D eigenvalue weighted by molar-refractivity contribution is -0.384. The average molecular weight is 250 g/mol. The summed E-state index contributed by atoms with van der Waals surface area (Å²) in [6.45, 7) is 8.08. The minimum absolute atomic E-state index is 0.219. The Morgan fingerprint density at radius 3 is 2.33 bits per heavy atom. The van der Waals surface area contributed by atoms with Crippen molar-refractivity contribution in [1.82, 2.24) is 0 Å². The van der Waals surface area contributed by atoms with Crippen LogP contribution < -0.4 is 4.90 Å². The predicted octanol–water partition coefficient (Wildman–Crippen LogP) is 3.86. The molecule has 100 valence electrons. The summed E-state index contributed by atoms with van der Waals surface area (Å²) in [6, 6.07) is 7.00. The first kappa shape index (κ1) is 14.5. The fraction of sp³-hybridized carbons (Fsp3) is 0.571. The fourth-order valence-corrected chi connectivity index (χ4v) is 2.14. The third-order valence-electron chi connectivity index (χ3n) is 3.20. The van der Waals surface area contributed by atoms with Crippen LogP contribution >= 0.6 is 0 Å². The van der Waals surface area contributed by atoms with Crippen molar-refractivity contribution in [1.29, 1.82) is 0 Å². The molecule has 1 aromatic carbocycles. The molecule has 0 atom stereocenters. The summed E-state index contributed by atoms with van der Waals surface area (Å²) in [7, 11) is 0. The van der Waals surface area contributed by atoms with Crippen LogP contribution in [0.2, 0.25) is 0 Å². The lowest BCUT2D eigenvalue weighted by atomic mass is 9.98. The topological polar surface area (TPSA) is 46.4 Å². The smallest absolute Gasteiger partial charge is 0.292 e. The molecule has 0 saturated carbocycles. The Bertz CT molecular complexity index is 385. The molecular weight excluding hydrogens is 228 g/mol. The second-order valence-corrected chi connectivity index (χ2v) is 4.42. The highest BCUT2D eigenvalue weighted by atomic mass is 16.6. The van der Waals surface area contributed by atoms with E-state index in [0.717, 1.165) is 37.5 Å². The third kappa shape index (κ3) is 3.45. The molecule has 1 aromatic rings. The molecule has 1 fully saturated rings. The van der Waals surface area contributed by atoms with Gasteiger partial charge in [-0.15, -0.1) is 0 Å². The van der Waals surface area contributed by atoms with Crippen LogP contribution in [0.5, 0.6) is 0 Å². The summed E-state index contributed by atoms with van der Waals surface area (Å²) in [5.41, 5.74) is 0.983. The van der Waals surface area contributed by atoms with E-state index in [1.54, 1.807) is 12.1 Å². The van der Waals surface area contributed by atoms with E-state index in [1.807, 2.05) is 26.0 Å². The summed E-state index contributed by atoms with van der Waals surface area (Å²) >= 11 is 0. The summed E-state index contributed by atoms with van der Waals surface area (Å²) in [6.07, 6.45) is 2.23. The Balaban J connectivity index is 0.000000771. The van der Waals surface area contributed by atoms with E-state index in [4.69, 9.17) is 0 Å². The predicted molar refractivity (Wildman–Crippen MR) is 75.1 cm³/mol. The summed E-state index contributed by atoms with van der Waals surface area (Å²) in [4.78, 5) is 12.7. The molecule has 1 aliphatic heterocycles. The quantitative estimate of drug-likeness (QED) is 0.591. The van der Waals surface area contributed by atoms with Gasteiger partial charge in [0.25, 0.3) is 5.69 Å². The molecule has 1 heterocycles. The van der Waals surface area contributed by atoms with Gasteiger partial charge in [-0.3, -0.25) is 10.1 Å². The zero-order valence-corrected chi connectivity index (χ0v) is 11.4. The number of piperidine rings is 1. The first-order chi connectivity index (χ1) is 8.68. The van der Waals surface area contributed by atoms with Crippen molar-refractivity contribution in [3.8, 4) is 0 Å². The molecule has 0 amide bonds. The Morgan fingerprint density at radius 2 is 1.78 bits per heavy atom. The van der Waals surface area contributed by atoms with Gasteiger partial charge in [-0.1, -0.05) is 32.9 Å². The number of hydrogen-bond acceptors (Lipinski definition) is 3. The SMILES string of the molecule is CC.CC1CCN(c2ccccc2[N+](=O)[O-])CC1. The van der Waals surface area contributed by atoms with Crippen molar-refractivity contribution in [3.05, 3.63) is 34.4 Å². The van der Waals surface area contributed by atoms with Crippen molar-refractivity contribution in [2.24, 2.45) is 5.92 Å². The van der Waals surface area contributed by atoms with Crippen LogP contribution in [0.15, 0.2) is 24.3 Å². The Labute approximate surface area is 109 Å². The van der Waals surface area contributed by atoms with Gasteiger partial charge in [0.15, 0.2) is 0 Å². The van der Waals surface area contributed by atoms with Gasteiger partial charge in [0.1, 0.15) is 5.69 Å². The van der Waals surface area contributed by atoms with Gasteiger partial charge in [-0.05, 0) is 24.8 Å². The van der Waals surface area contributed by atoms with Crippen LogP contribution in [0.3, 0.4) is 0 Å². The van der Waals surface area contributed by atoms with Crippen molar-refractivity contribution in [3.63, 3.8) is 0 Å². The van der Waals surface area contributed by atoms with Crippen LogP contribution in [-0.2, 0) is 0 Å². The summed E-state index contributed by atoms with van der Waals surface area (Å²) in [5.74, 6) is 0.735. The van der Waals surface area contributed by atoms with Crippen LogP contribution in [0.4, 0.5) is 11.4 Å². The molecule has 0 aromatic heterocycles. The zero-order valence-electron chi connectivity index (χ0n) is 11.4. The van der Waals surface area contributed by atoms with Crippen LogP contribution in [0.25, 0.3) is 0 Å². The molecule has 4 nitrogen and oxygen atoms in total. The molecule has 1 aliphatic rings. The average Bonchev–Trinajstić information content (AvgIpc) is 2.42. The Morgan fingerprint density at radius 1 is 1.22 bits per heavy atom. The van der Waals surface area contributed by atoms with Crippen molar-refractivity contribution in [2.45, 2.75) is 33.6 Å². The Kier molecular flexibility index (Phi) is 5.62. The molecule has 2 rings (SSSR count). The highest BCUT2D eigenvalue weighted by Gasteiger charge is 2.22. The highest BCUT2D eigenvalue weighted by Crippen LogP contribution is 2.30. The van der Waals surface area contributed by atoms with Crippen LogP contribution in [0.1, 0.15) is 33.6 Å². The van der Waals surface area contributed by atoms with E-state index in [9.17, 15) is 10.1 Å². The van der Waals surface area contributed by atoms with Gasteiger partial charge in [0.05, 0.1) is 4.92 Å². The maximum atomic E-state index is 10.9. The number of hydrogen-bond donors (Lipinski definition) is 0. The minimum atomic E-state index is -0.298. The van der Waals surface area contributed by atoms with E-state index in [1.165, 1.54) is 0 Å². The van der Waals surface area contributed by atoms with E-state index in [2.05, 4.69) is 11.8 Å². The molecule has 18 heavy (non-hydrogen) atoms. The van der Waals surface area contributed by atoms with Gasteiger partial charge in [-0.2, -0.15) is 0 Å². The second kappa shape index (κ2) is 6.99. The molecule has 4 heteroatoms. The van der Waals surface area contributed by atoms with Gasteiger partial charge >= 0.3 is 0 Å². The number of anilines is 1. The maximum absolute atomic E-state index is 10.9. The van der Waals surface area contributed by atoms with Gasteiger partial charge in [0.2, 0.25) is 0 Å². The van der Waals surface area contributed by atoms with E-state index >= 15 is 0 Å². The van der Waals surface area contributed by atoms with Crippen LogP contribution in [0, 0.1) is 16.0 Å².